The monoisotopic (exact) mass is 347 g/mol. The van der Waals surface area contributed by atoms with Gasteiger partial charge in [0.1, 0.15) is 5.82 Å². The second kappa shape index (κ2) is 6.72. The van der Waals surface area contributed by atoms with E-state index in [9.17, 15) is 4.79 Å². The lowest BCUT2D eigenvalue weighted by atomic mass is 9.97. The topological polar surface area (TPSA) is 68.0 Å². The number of benzene rings is 1. The minimum absolute atomic E-state index is 0.0442. The van der Waals surface area contributed by atoms with Gasteiger partial charge in [-0.25, -0.2) is 4.98 Å². The van der Waals surface area contributed by atoms with Crippen molar-refractivity contribution in [1.82, 2.24) is 4.98 Å². The van der Waals surface area contributed by atoms with Crippen molar-refractivity contribution < 1.29 is 4.79 Å². The van der Waals surface area contributed by atoms with Gasteiger partial charge in [0, 0.05) is 22.8 Å². The van der Waals surface area contributed by atoms with E-state index >= 15 is 0 Å². The van der Waals surface area contributed by atoms with E-state index in [2.05, 4.69) is 26.2 Å². The zero-order valence-corrected chi connectivity index (χ0v) is 13.6. The number of hydrogen-bond acceptors (Lipinski definition) is 3. The first-order valence-corrected chi connectivity index (χ1v) is 7.52. The Kier molecular flexibility index (Phi) is 4.96. The maximum absolute atomic E-state index is 12.1. The molecule has 1 unspecified atom stereocenters. The van der Waals surface area contributed by atoms with Crippen LogP contribution in [0.15, 0.2) is 41.0 Å². The van der Waals surface area contributed by atoms with Gasteiger partial charge in [-0.1, -0.05) is 19.1 Å². The number of nitrogens with one attached hydrogen (secondary N) is 1. The van der Waals surface area contributed by atoms with E-state index in [1.54, 1.807) is 6.20 Å². The van der Waals surface area contributed by atoms with Gasteiger partial charge in [-0.2, -0.15) is 0 Å². The Balaban J connectivity index is 1.99. The van der Waals surface area contributed by atoms with Gasteiger partial charge < -0.3 is 11.1 Å². The van der Waals surface area contributed by atoms with E-state index in [1.807, 2.05) is 44.2 Å². The maximum Gasteiger partial charge on any atom is 0.226 e. The van der Waals surface area contributed by atoms with Crippen molar-refractivity contribution in [2.24, 2.45) is 0 Å². The molecule has 1 amide bonds. The Hall–Kier alpha value is -1.88. The van der Waals surface area contributed by atoms with Crippen LogP contribution in [-0.4, -0.2) is 10.9 Å². The van der Waals surface area contributed by atoms with Crippen LogP contribution in [0.4, 0.5) is 11.5 Å². The Morgan fingerprint density at radius 1 is 1.38 bits per heavy atom. The van der Waals surface area contributed by atoms with Crippen LogP contribution in [0, 0.1) is 6.92 Å². The first-order chi connectivity index (χ1) is 9.95. The van der Waals surface area contributed by atoms with Crippen LogP contribution in [0.3, 0.4) is 0 Å². The average Bonchev–Trinajstić information content (AvgIpc) is 2.42. The first-order valence-electron chi connectivity index (χ1n) is 6.73. The highest BCUT2D eigenvalue weighted by Gasteiger charge is 2.13. The van der Waals surface area contributed by atoms with Gasteiger partial charge in [-0.05, 0) is 58.1 Å². The molecule has 110 valence electrons. The quantitative estimate of drug-likeness (QED) is 0.825. The summed E-state index contributed by atoms with van der Waals surface area (Å²) < 4.78 is 0.897. The van der Waals surface area contributed by atoms with Gasteiger partial charge in [0.05, 0.1) is 0 Å². The zero-order valence-electron chi connectivity index (χ0n) is 12.1. The molecule has 0 fully saturated rings. The molecule has 5 heteroatoms. The highest BCUT2D eigenvalue weighted by Crippen LogP contribution is 2.22. The molecule has 0 aliphatic carbocycles. The molecule has 3 N–H and O–H groups in total. The summed E-state index contributed by atoms with van der Waals surface area (Å²) in [6.45, 7) is 3.93. The van der Waals surface area contributed by atoms with Crippen molar-refractivity contribution in [2.45, 2.75) is 26.2 Å². The molecule has 0 aliphatic heterocycles. The van der Waals surface area contributed by atoms with Crippen molar-refractivity contribution in [2.75, 3.05) is 11.1 Å². The minimum atomic E-state index is -0.0442. The number of nitrogens with two attached hydrogens (primary N) is 1. The van der Waals surface area contributed by atoms with Crippen LogP contribution in [0.5, 0.6) is 0 Å². The minimum Gasteiger partial charge on any atom is -0.399 e. The molecule has 21 heavy (non-hydrogen) atoms. The number of aromatic nitrogens is 1. The third-order valence-corrected chi connectivity index (χ3v) is 3.73. The molecular formula is C16H18BrN3O. The SMILES string of the molecule is Cc1cc(Br)cnc1NC(=O)CC(C)c1ccc(N)cc1. The fourth-order valence-corrected chi connectivity index (χ4v) is 2.52. The Morgan fingerprint density at radius 2 is 2.05 bits per heavy atom. The van der Waals surface area contributed by atoms with Crippen molar-refractivity contribution in [3.63, 3.8) is 0 Å². The number of amides is 1. The molecule has 1 heterocycles. The summed E-state index contributed by atoms with van der Waals surface area (Å²) in [5.74, 6) is 0.686. The van der Waals surface area contributed by atoms with Crippen molar-refractivity contribution in [3.8, 4) is 0 Å². The average molecular weight is 348 g/mol. The number of aryl methyl sites for hydroxylation is 1. The molecule has 0 saturated carbocycles. The summed E-state index contributed by atoms with van der Waals surface area (Å²) in [5.41, 5.74) is 8.42. The zero-order chi connectivity index (χ0) is 15.4. The molecule has 0 aliphatic rings. The number of nitrogens with zero attached hydrogens (tertiary/aromatic N) is 1. The summed E-state index contributed by atoms with van der Waals surface area (Å²) >= 11 is 3.35. The van der Waals surface area contributed by atoms with Gasteiger partial charge in [0.25, 0.3) is 0 Å². The molecule has 4 nitrogen and oxygen atoms in total. The number of hydrogen-bond donors (Lipinski definition) is 2. The third kappa shape index (κ3) is 4.29. The lowest BCUT2D eigenvalue weighted by Crippen LogP contribution is -2.16. The van der Waals surface area contributed by atoms with Crippen molar-refractivity contribution in [1.29, 1.82) is 0 Å². The van der Waals surface area contributed by atoms with Crippen LogP contribution in [0.2, 0.25) is 0 Å². The van der Waals surface area contributed by atoms with Gasteiger partial charge in [0.15, 0.2) is 0 Å². The number of halogens is 1. The smallest absolute Gasteiger partial charge is 0.226 e. The predicted molar refractivity (Wildman–Crippen MR) is 89.2 cm³/mol. The number of nitrogen functional groups attached to an aromatic ring is 1. The molecule has 1 aromatic carbocycles. The fraction of sp³-hybridized carbons (Fsp3) is 0.250. The Bertz CT molecular complexity index is 640. The van der Waals surface area contributed by atoms with Crippen LogP contribution in [0.25, 0.3) is 0 Å². The summed E-state index contributed by atoms with van der Waals surface area (Å²) in [7, 11) is 0. The molecule has 1 atom stereocenters. The number of carbonyl (C=O) groups excluding carboxylic acids is 1. The van der Waals surface area contributed by atoms with Crippen molar-refractivity contribution >= 4 is 33.3 Å². The van der Waals surface area contributed by atoms with E-state index in [0.29, 0.717) is 12.2 Å². The lowest BCUT2D eigenvalue weighted by molar-refractivity contribution is -0.116. The molecular weight excluding hydrogens is 330 g/mol. The van der Waals surface area contributed by atoms with E-state index in [1.165, 1.54) is 0 Å². The molecule has 0 bridgehead atoms. The summed E-state index contributed by atoms with van der Waals surface area (Å²) in [6.07, 6.45) is 2.08. The van der Waals surface area contributed by atoms with Crippen LogP contribution < -0.4 is 11.1 Å². The van der Waals surface area contributed by atoms with Crippen LogP contribution in [-0.2, 0) is 4.79 Å². The number of anilines is 2. The summed E-state index contributed by atoms with van der Waals surface area (Å²) in [4.78, 5) is 16.3. The number of pyridine rings is 1. The Morgan fingerprint density at radius 3 is 2.67 bits per heavy atom. The summed E-state index contributed by atoms with van der Waals surface area (Å²) in [6, 6.07) is 9.53. The number of rotatable bonds is 4. The largest absolute Gasteiger partial charge is 0.399 e. The predicted octanol–water partition coefficient (Wildman–Crippen LogP) is 3.87. The number of carbonyl (C=O) groups is 1. The molecule has 0 radical (unpaired) electrons. The normalized spacial score (nSPS) is 12.0. The van der Waals surface area contributed by atoms with Gasteiger partial charge in [-0.3, -0.25) is 4.79 Å². The van der Waals surface area contributed by atoms with Gasteiger partial charge in [0.2, 0.25) is 5.91 Å². The Labute approximate surface area is 132 Å². The van der Waals surface area contributed by atoms with Crippen LogP contribution >= 0.6 is 15.9 Å². The first kappa shape index (κ1) is 15.5. The summed E-state index contributed by atoms with van der Waals surface area (Å²) in [5, 5.41) is 2.85. The molecule has 1 aromatic heterocycles. The van der Waals surface area contributed by atoms with Crippen molar-refractivity contribution in [3.05, 3.63) is 52.1 Å². The standard InChI is InChI=1S/C16H18BrN3O/c1-10(12-3-5-14(18)6-4-12)8-15(21)20-16-11(2)7-13(17)9-19-16/h3-7,9-10H,8,18H2,1-2H3,(H,19,20,21). The molecule has 0 saturated heterocycles. The molecule has 0 spiro atoms. The van der Waals surface area contributed by atoms with Crippen LogP contribution in [0.1, 0.15) is 30.4 Å². The second-order valence-corrected chi connectivity index (χ2v) is 6.05. The van der Waals surface area contributed by atoms with E-state index < -0.39 is 0 Å². The highest BCUT2D eigenvalue weighted by atomic mass is 79.9. The molecule has 2 aromatic rings. The van der Waals surface area contributed by atoms with E-state index in [0.717, 1.165) is 21.3 Å². The lowest BCUT2D eigenvalue weighted by Gasteiger charge is -2.13. The molecule has 2 rings (SSSR count). The fourth-order valence-electron chi connectivity index (χ4n) is 2.07. The van der Waals surface area contributed by atoms with Gasteiger partial charge >= 0.3 is 0 Å². The second-order valence-electron chi connectivity index (χ2n) is 5.14. The van der Waals surface area contributed by atoms with E-state index in [4.69, 9.17) is 5.73 Å². The maximum atomic E-state index is 12.1. The van der Waals surface area contributed by atoms with E-state index in [-0.39, 0.29) is 11.8 Å². The highest BCUT2D eigenvalue weighted by molar-refractivity contribution is 9.10. The third-order valence-electron chi connectivity index (χ3n) is 3.30. The van der Waals surface area contributed by atoms with Gasteiger partial charge in [-0.15, -0.1) is 0 Å².